The Labute approximate surface area is 130 Å². The number of hydrogen-bond donors (Lipinski definition) is 1. The molecule has 21 heavy (non-hydrogen) atoms. The van der Waals surface area contributed by atoms with Gasteiger partial charge in [0.2, 0.25) is 5.91 Å². The van der Waals surface area contributed by atoms with Crippen LogP contribution in [-0.4, -0.2) is 15.5 Å². The van der Waals surface area contributed by atoms with Crippen LogP contribution in [-0.2, 0) is 11.8 Å². The lowest BCUT2D eigenvalue weighted by Crippen LogP contribution is -2.11. The number of nitrogens with zero attached hydrogens (tertiary/aromatic N) is 2. The summed E-state index contributed by atoms with van der Waals surface area (Å²) in [6.07, 6.45) is 5.19. The van der Waals surface area contributed by atoms with Crippen LogP contribution in [0, 0.1) is 5.92 Å². The fourth-order valence-corrected chi connectivity index (χ4v) is 2.61. The zero-order chi connectivity index (χ0) is 15.2. The molecule has 0 saturated carbocycles. The van der Waals surface area contributed by atoms with Gasteiger partial charge in [-0.3, -0.25) is 4.79 Å². The summed E-state index contributed by atoms with van der Waals surface area (Å²) in [5.41, 5.74) is 0.841. The zero-order valence-electron chi connectivity index (χ0n) is 12.7. The lowest BCUT2D eigenvalue weighted by atomic mass is 10.1. The molecule has 0 aliphatic rings. The SMILES string of the molecule is CC(C)CCC(=O)Nc1ccc(Sc2nccn2C)cc1. The third-order valence-corrected chi connectivity index (χ3v) is 4.16. The summed E-state index contributed by atoms with van der Waals surface area (Å²) in [6.45, 7) is 4.24. The number of aryl methyl sites for hydroxylation is 1. The van der Waals surface area contributed by atoms with Gasteiger partial charge in [0.1, 0.15) is 0 Å². The summed E-state index contributed by atoms with van der Waals surface area (Å²) in [5.74, 6) is 0.625. The molecule has 1 aromatic carbocycles. The first-order valence-corrected chi connectivity index (χ1v) is 7.91. The molecule has 0 fully saturated rings. The van der Waals surface area contributed by atoms with Gasteiger partial charge in [-0.1, -0.05) is 25.6 Å². The second kappa shape index (κ2) is 7.31. The van der Waals surface area contributed by atoms with E-state index in [2.05, 4.69) is 24.1 Å². The molecule has 1 amide bonds. The molecule has 0 atom stereocenters. The Kier molecular flexibility index (Phi) is 5.44. The molecule has 0 saturated heterocycles. The largest absolute Gasteiger partial charge is 0.329 e. The molecule has 0 spiro atoms. The van der Waals surface area contributed by atoms with Crippen molar-refractivity contribution in [1.82, 2.24) is 9.55 Å². The number of carbonyl (C=O) groups is 1. The molecule has 0 radical (unpaired) electrons. The molecule has 1 aromatic heterocycles. The summed E-state index contributed by atoms with van der Waals surface area (Å²) in [5, 5.41) is 3.87. The Balaban J connectivity index is 1.90. The zero-order valence-corrected chi connectivity index (χ0v) is 13.5. The highest BCUT2D eigenvalue weighted by Crippen LogP contribution is 2.26. The van der Waals surface area contributed by atoms with Gasteiger partial charge in [0.25, 0.3) is 0 Å². The van der Waals surface area contributed by atoms with E-state index in [1.54, 1.807) is 18.0 Å². The van der Waals surface area contributed by atoms with Crippen molar-refractivity contribution in [2.75, 3.05) is 5.32 Å². The highest BCUT2D eigenvalue weighted by Gasteiger charge is 2.05. The topological polar surface area (TPSA) is 46.9 Å². The van der Waals surface area contributed by atoms with Gasteiger partial charge >= 0.3 is 0 Å². The molecule has 112 valence electrons. The highest BCUT2D eigenvalue weighted by molar-refractivity contribution is 7.99. The Morgan fingerprint density at radius 1 is 1.33 bits per heavy atom. The number of anilines is 1. The summed E-state index contributed by atoms with van der Waals surface area (Å²) in [4.78, 5) is 17.2. The second-order valence-electron chi connectivity index (χ2n) is 5.43. The molecule has 0 unspecified atom stereocenters. The third-order valence-electron chi connectivity index (χ3n) is 3.07. The predicted octanol–water partition coefficient (Wildman–Crippen LogP) is 3.95. The molecule has 5 heteroatoms. The lowest BCUT2D eigenvalue weighted by molar-refractivity contribution is -0.116. The first-order chi connectivity index (χ1) is 10.0. The van der Waals surface area contributed by atoms with Gasteiger partial charge in [0, 0.05) is 36.4 Å². The molecular formula is C16H21N3OS. The number of rotatable bonds is 6. The van der Waals surface area contributed by atoms with Gasteiger partial charge in [-0.2, -0.15) is 0 Å². The fourth-order valence-electron chi connectivity index (χ4n) is 1.81. The van der Waals surface area contributed by atoms with Gasteiger partial charge in [0.15, 0.2) is 5.16 Å². The maximum Gasteiger partial charge on any atom is 0.224 e. The average Bonchev–Trinajstić information content (AvgIpc) is 2.84. The Morgan fingerprint density at radius 2 is 2.05 bits per heavy atom. The van der Waals surface area contributed by atoms with Crippen molar-refractivity contribution in [1.29, 1.82) is 0 Å². The quantitative estimate of drug-likeness (QED) is 0.879. The van der Waals surface area contributed by atoms with Gasteiger partial charge in [-0.15, -0.1) is 0 Å². The van der Waals surface area contributed by atoms with Crippen LogP contribution in [0.3, 0.4) is 0 Å². The minimum Gasteiger partial charge on any atom is -0.329 e. The molecular weight excluding hydrogens is 282 g/mol. The molecule has 1 N–H and O–H groups in total. The molecule has 0 bridgehead atoms. The van der Waals surface area contributed by atoms with E-state index >= 15 is 0 Å². The van der Waals surface area contributed by atoms with Crippen LogP contribution < -0.4 is 5.32 Å². The third kappa shape index (κ3) is 4.93. The highest BCUT2D eigenvalue weighted by atomic mass is 32.2. The molecule has 4 nitrogen and oxygen atoms in total. The van der Waals surface area contributed by atoms with Crippen molar-refractivity contribution < 1.29 is 4.79 Å². The van der Waals surface area contributed by atoms with Gasteiger partial charge in [0.05, 0.1) is 0 Å². The number of benzene rings is 1. The van der Waals surface area contributed by atoms with Crippen LogP contribution in [0.25, 0.3) is 0 Å². The number of carbonyl (C=O) groups excluding carboxylic acids is 1. The summed E-state index contributed by atoms with van der Waals surface area (Å²) in [6, 6.07) is 7.85. The lowest BCUT2D eigenvalue weighted by Gasteiger charge is -2.07. The van der Waals surface area contributed by atoms with E-state index in [9.17, 15) is 4.79 Å². The Morgan fingerprint density at radius 3 is 2.62 bits per heavy atom. The van der Waals surface area contributed by atoms with Gasteiger partial charge < -0.3 is 9.88 Å². The van der Waals surface area contributed by atoms with Crippen LogP contribution in [0.4, 0.5) is 5.69 Å². The first kappa shape index (κ1) is 15.6. The van der Waals surface area contributed by atoms with E-state index in [1.807, 2.05) is 42.1 Å². The summed E-state index contributed by atoms with van der Waals surface area (Å²) in [7, 11) is 1.97. The monoisotopic (exact) mass is 303 g/mol. The minimum absolute atomic E-state index is 0.0770. The van der Waals surface area contributed by atoms with E-state index in [0.717, 1.165) is 22.2 Å². The second-order valence-corrected chi connectivity index (χ2v) is 6.47. The van der Waals surface area contributed by atoms with Crippen LogP contribution in [0.1, 0.15) is 26.7 Å². The number of hydrogen-bond acceptors (Lipinski definition) is 3. The normalized spacial score (nSPS) is 10.9. The first-order valence-electron chi connectivity index (χ1n) is 7.09. The Hall–Kier alpha value is -1.75. The van der Waals surface area contributed by atoms with Crippen molar-refractivity contribution in [3.05, 3.63) is 36.7 Å². The maximum atomic E-state index is 11.8. The molecule has 2 rings (SSSR count). The van der Waals surface area contributed by atoms with E-state index < -0.39 is 0 Å². The smallest absolute Gasteiger partial charge is 0.224 e. The number of nitrogens with one attached hydrogen (secondary N) is 1. The van der Waals surface area contributed by atoms with Crippen LogP contribution in [0.2, 0.25) is 0 Å². The van der Waals surface area contributed by atoms with E-state index in [0.29, 0.717) is 12.3 Å². The molecule has 1 heterocycles. The molecule has 0 aliphatic carbocycles. The van der Waals surface area contributed by atoms with Crippen molar-refractivity contribution in [3.63, 3.8) is 0 Å². The van der Waals surface area contributed by atoms with E-state index in [1.165, 1.54) is 0 Å². The predicted molar refractivity (Wildman–Crippen MR) is 86.5 cm³/mol. The van der Waals surface area contributed by atoms with Crippen LogP contribution in [0.5, 0.6) is 0 Å². The van der Waals surface area contributed by atoms with Gasteiger partial charge in [-0.25, -0.2) is 4.98 Å². The number of imidazole rings is 1. The maximum absolute atomic E-state index is 11.8. The standard InChI is InChI=1S/C16H21N3OS/c1-12(2)4-9-15(20)18-13-5-7-14(8-6-13)21-16-17-10-11-19(16)3/h5-8,10-12H,4,9H2,1-3H3,(H,18,20). The molecule has 0 aliphatic heterocycles. The number of aromatic nitrogens is 2. The number of amides is 1. The summed E-state index contributed by atoms with van der Waals surface area (Å²) >= 11 is 1.60. The van der Waals surface area contributed by atoms with Crippen molar-refractivity contribution >= 4 is 23.4 Å². The van der Waals surface area contributed by atoms with Gasteiger partial charge in [-0.05, 0) is 36.6 Å². The summed E-state index contributed by atoms with van der Waals surface area (Å²) < 4.78 is 1.98. The van der Waals surface area contributed by atoms with Crippen LogP contribution in [0.15, 0.2) is 46.7 Å². The van der Waals surface area contributed by atoms with E-state index in [4.69, 9.17) is 0 Å². The minimum atomic E-state index is 0.0770. The fraction of sp³-hybridized carbons (Fsp3) is 0.375. The van der Waals surface area contributed by atoms with Crippen molar-refractivity contribution in [3.8, 4) is 0 Å². The van der Waals surface area contributed by atoms with E-state index in [-0.39, 0.29) is 5.91 Å². The van der Waals surface area contributed by atoms with Crippen molar-refractivity contribution in [2.45, 2.75) is 36.7 Å². The Bertz CT molecular complexity index is 590. The van der Waals surface area contributed by atoms with Crippen LogP contribution >= 0.6 is 11.8 Å². The molecule has 2 aromatic rings. The van der Waals surface area contributed by atoms with Crippen molar-refractivity contribution in [2.24, 2.45) is 13.0 Å². The average molecular weight is 303 g/mol.